The fraction of sp³-hybridized carbons (Fsp3) is 0.400. The summed E-state index contributed by atoms with van der Waals surface area (Å²) in [5, 5.41) is 0. The number of hydrogen-bond acceptors (Lipinski definition) is 3. The Labute approximate surface area is 147 Å². The van der Waals surface area contributed by atoms with Gasteiger partial charge in [-0.2, -0.15) is 0 Å². The lowest BCUT2D eigenvalue weighted by atomic mass is 9.85. The molecule has 1 aromatic heterocycles. The van der Waals surface area contributed by atoms with Crippen LogP contribution in [0.2, 0.25) is 0 Å². The number of carbonyl (C=O) groups excluding carboxylic acids is 1. The van der Waals surface area contributed by atoms with Crippen molar-refractivity contribution in [3.05, 3.63) is 65.7 Å². The molecule has 2 fully saturated rings. The van der Waals surface area contributed by atoms with E-state index in [4.69, 9.17) is 0 Å². The maximum Gasteiger partial charge on any atom is 0.230 e. The van der Waals surface area contributed by atoms with E-state index in [-0.39, 0.29) is 17.1 Å². The van der Waals surface area contributed by atoms with Crippen molar-refractivity contribution < 1.29 is 9.18 Å². The van der Waals surface area contributed by atoms with Crippen molar-refractivity contribution in [2.75, 3.05) is 19.6 Å². The second-order valence-electron chi connectivity index (χ2n) is 7.17. The van der Waals surface area contributed by atoms with Gasteiger partial charge in [-0.1, -0.05) is 18.2 Å². The van der Waals surface area contributed by atoms with E-state index < -0.39 is 0 Å². The first-order valence-corrected chi connectivity index (χ1v) is 8.81. The van der Waals surface area contributed by atoms with Gasteiger partial charge in [0.2, 0.25) is 5.91 Å². The maximum atomic E-state index is 13.4. The third-order valence-electron chi connectivity index (χ3n) is 5.41. The molecular weight excluding hydrogens is 317 g/mol. The average molecular weight is 339 g/mol. The number of pyridine rings is 1. The zero-order valence-corrected chi connectivity index (χ0v) is 14.2. The van der Waals surface area contributed by atoms with Crippen LogP contribution in [0.1, 0.15) is 24.1 Å². The second kappa shape index (κ2) is 6.56. The van der Waals surface area contributed by atoms with Gasteiger partial charge in [0, 0.05) is 32.4 Å². The maximum absolute atomic E-state index is 13.4. The molecule has 3 heterocycles. The molecule has 0 aliphatic carbocycles. The predicted molar refractivity (Wildman–Crippen MR) is 93.0 cm³/mol. The van der Waals surface area contributed by atoms with E-state index in [1.54, 1.807) is 6.07 Å². The number of benzene rings is 1. The average Bonchev–Trinajstić information content (AvgIpc) is 3.15. The number of hydrogen-bond donors (Lipinski definition) is 0. The number of aromatic nitrogens is 1. The smallest absolute Gasteiger partial charge is 0.230 e. The first-order chi connectivity index (χ1) is 12.1. The summed E-state index contributed by atoms with van der Waals surface area (Å²) in [6, 6.07) is 12.5. The van der Waals surface area contributed by atoms with Gasteiger partial charge < -0.3 is 4.90 Å². The second-order valence-corrected chi connectivity index (χ2v) is 7.17. The van der Waals surface area contributed by atoms with Crippen LogP contribution < -0.4 is 0 Å². The number of nitrogens with zero attached hydrogens (tertiary/aromatic N) is 3. The lowest BCUT2D eigenvalue weighted by molar-refractivity contribution is -0.136. The highest BCUT2D eigenvalue weighted by molar-refractivity contribution is 5.85. The topological polar surface area (TPSA) is 36.4 Å². The molecule has 0 saturated carbocycles. The van der Waals surface area contributed by atoms with Gasteiger partial charge >= 0.3 is 0 Å². The lowest BCUT2D eigenvalue weighted by Gasteiger charge is -2.23. The standard InChI is InChI=1S/C20H22FN3O/c21-17-5-3-4-16(12-17)13-24-11-8-20(19(24)25)7-10-23(15-20)14-18-6-1-2-9-22-18/h1-6,9,12H,7-8,10-11,13-15H2/t20-/m1/s1. The molecule has 0 radical (unpaired) electrons. The summed E-state index contributed by atoms with van der Waals surface area (Å²) in [4.78, 5) is 21.6. The minimum absolute atomic E-state index is 0.222. The first kappa shape index (κ1) is 16.2. The van der Waals surface area contributed by atoms with Crippen molar-refractivity contribution in [3.63, 3.8) is 0 Å². The summed E-state index contributed by atoms with van der Waals surface area (Å²) in [7, 11) is 0. The van der Waals surface area contributed by atoms with Gasteiger partial charge in [-0.3, -0.25) is 14.7 Å². The lowest BCUT2D eigenvalue weighted by Crippen LogP contribution is -2.36. The molecule has 5 heteroatoms. The minimum atomic E-state index is -0.262. The van der Waals surface area contributed by atoms with Crippen LogP contribution in [-0.4, -0.2) is 40.3 Å². The van der Waals surface area contributed by atoms with Gasteiger partial charge in [-0.15, -0.1) is 0 Å². The molecule has 0 unspecified atom stereocenters. The normalized spacial score (nSPS) is 23.7. The van der Waals surface area contributed by atoms with Crippen molar-refractivity contribution >= 4 is 5.91 Å². The summed E-state index contributed by atoms with van der Waals surface area (Å²) < 4.78 is 13.4. The van der Waals surface area contributed by atoms with Gasteiger partial charge in [0.25, 0.3) is 0 Å². The largest absolute Gasteiger partial charge is 0.338 e. The predicted octanol–water partition coefficient (Wildman–Crippen LogP) is 2.85. The Bertz CT molecular complexity index is 767. The molecule has 2 aromatic rings. The number of halogens is 1. The molecule has 2 aliphatic heterocycles. The van der Waals surface area contributed by atoms with Gasteiger partial charge in [-0.25, -0.2) is 4.39 Å². The van der Waals surface area contributed by atoms with Crippen LogP contribution in [0.15, 0.2) is 48.7 Å². The van der Waals surface area contributed by atoms with E-state index in [0.717, 1.165) is 50.3 Å². The van der Waals surface area contributed by atoms with Crippen molar-refractivity contribution in [2.45, 2.75) is 25.9 Å². The monoisotopic (exact) mass is 339 g/mol. The fourth-order valence-electron chi connectivity index (χ4n) is 4.09. The summed E-state index contributed by atoms with van der Waals surface area (Å²) in [6.07, 6.45) is 3.60. The summed E-state index contributed by atoms with van der Waals surface area (Å²) in [5.74, 6) is -0.0263. The van der Waals surface area contributed by atoms with Crippen molar-refractivity contribution in [3.8, 4) is 0 Å². The highest BCUT2D eigenvalue weighted by atomic mass is 19.1. The molecular formula is C20H22FN3O. The Morgan fingerprint density at radius 3 is 2.76 bits per heavy atom. The van der Waals surface area contributed by atoms with Gasteiger partial charge in [0.05, 0.1) is 11.1 Å². The molecule has 0 bridgehead atoms. The van der Waals surface area contributed by atoms with Crippen LogP contribution in [0.3, 0.4) is 0 Å². The number of carbonyl (C=O) groups is 1. The molecule has 4 nitrogen and oxygen atoms in total. The Balaban J connectivity index is 1.41. The highest BCUT2D eigenvalue weighted by Gasteiger charge is 2.50. The van der Waals surface area contributed by atoms with E-state index in [9.17, 15) is 9.18 Å². The Hall–Kier alpha value is -2.27. The summed E-state index contributed by atoms with van der Waals surface area (Å²) in [6.45, 7) is 3.77. The Morgan fingerprint density at radius 1 is 1.08 bits per heavy atom. The molecule has 25 heavy (non-hydrogen) atoms. The fourth-order valence-corrected chi connectivity index (χ4v) is 4.09. The van der Waals surface area contributed by atoms with Crippen LogP contribution in [-0.2, 0) is 17.9 Å². The molecule has 2 aliphatic rings. The Morgan fingerprint density at radius 2 is 1.96 bits per heavy atom. The Kier molecular flexibility index (Phi) is 4.25. The summed E-state index contributed by atoms with van der Waals surface area (Å²) >= 11 is 0. The number of amides is 1. The molecule has 4 rings (SSSR count). The number of likely N-dealkylation sites (tertiary alicyclic amines) is 2. The SMILES string of the molecule is O=C1N(Cc2cccc(F)c2)CC[C@@]12CCN(Cc1ccccn1)C2. The van der Waals surface area contributed by atoms with Crippen molar-refractivity contribution in [1.82, 2.24) is 14.8 Å². The van der Waals surface area contributed by atoms with E-state index in [1.807, 2.05) is 35.4 Å². The van der Waals surface area contributed by atoms with Crippen LogP contribution in [0.25, 0.3) is 0 Å². The molecule has 130 valence electrons. The molecule has 0 N–H and O–H groups in total. The van der Waals surface area contributed by atoms with E-state index >= 15 is 0 Å². The minimum Gasteiger partial charge on any atom is -0.338 e. The van der Waals surface area contributed by atoms with E-state index in [0.29, 0.717) is 6.54 Å². The van der Waals surface area contributed by atoms with Crippen LogP contribution in [0.5, 0.6) is 0 Å². The molecule has 2 saturated heterocycles. The first-order valence-electron chi connectivity index (χ1n) is 8.81. The highest BCUT2D eigenvalue weighted by Crippen LogP contribution is 2.41. The van der Waals surface area contributed by atoms with Crippen molar-refractivity contribution in [1.29, 1.82) is 0 Å². The third kappa shape index (κ3) is 3.29. The molecule has 1 atom stereocenters. The van der Waals surface area contributed by atoms with Crippen molar-refractivity contribution in [2.24, 2.45) is 5.41 Å². The van der Waals surface area contributed by atoms with Gasteiger partial charge in [-0.05, 0) is 49.2 Å². The third-order valence-corrected chi connectivity index (χ3v) is 5.41. The van der Waals surface area contributed by atoms with Gasteiger partial charge in [0.1, 0.15) is 5.82 Å². The van der Waals surface area contributed by atoms with E-state index in [2.05, 4.69) is 9.88 Å². The van der Waals surface area contributed by atoms with Crippen LogP contribution in [0, 0.1) is 11.2 Å². The zero-order valence-electron chi connectivity index (χ0n) is 14.2. The van der Waals surface area contributed by atoms with Crippen LogP contribution >= 0.6 is 0 Å². The molecule has 1 amide bonds. The molecule has 1 aromatic carbocycles. The summed E-state index contributed by atoms with van der Waals surface area (Å²) in [5.41, 5.74) is 1.64. The van der Waals surface area contributed by atoms with Gasteiger partial charge in [0.15, 0.2) is 0 Å². The number of rotatable bonds is 4. The molecule has 1 spiro atoms. The quantitative estimate of drug-likeness (QED) is 0.859. The van der Waals surface area contributed by atoms with E-state index in [1.165, 1.54) is 12.1 Å². The van der Waals surface area contributed by atoms with Crippen LogP contribution in [0.4, 0.5) is 4.39 Å². The zero-order chi connectivity index (χ0) is 17.3.